The second-order valence-electron chi connectivity index (χ2n) is 21.8. The second kappa shape index (κ2) is 21.1. The normalized spacial score (nSPS) is 12.2. The molecule has 0 fully saturated rings. The van der Waals surface area contributed by atoms with Gasteiger partial charge >= 0.3 is 5.97 Å². The summed E-state index contributed by atoms with van der Waals surface area (Å²) in [6, 6.07) is 104. The van der Waals surface area contributed by atoms with E-state index in [0.717, 1.165) is 94.8 Å². The number of rotatable bonds is 11. The molecule has 9 heteroatoms. The predicted molar refractivity (Wildman–Crippen MR) is 351 cm³/mol. The number of esters is 1. The average Bonchev–Trinajstić information content (AvgIpc) is 0.925. The van der Waals surface area contributed by atoms with E-state index in [4.69, 9.17) is 19.7 Å². The molecule has 16 rings (SSSR count). The summed E-state index contributed by atoms with van der Waals surface area (Å²) < 4.78 is 8.18. The van der Waals surface area contributed by atoms with Gasteiger partial charge in [-0.2, -0.15) is 0 Å². The molecule has 0 unspecified atom stereocenters. The summed E-state index contributed by atoms with van der Waals surface area (Å²) in [6.07, 6.45) is 0. The minimum atomic E-state index is -0.377. The minimum Gasteiger partial charge on any atom is -0.457 e. The first-order valence-electron chi connectivity index (χ1n) is 29.0. The number of carbonyl (C=O) groups excluding carboxylic acids is 1. The van der Waals surface area contributed by atoms with Gasteiger partial charge in [0, 0.05) is 67.2 Å². The highest BCUT2D eigenvalue weighted by Gasteiger charge is 2.43. The minimum absolute atomic E-state index is 0.00673. The summed E-state index contributed by atoms with van der Waals surface area (Å²) in [7, 11) is 0. The molecule has 0 saturated heterocycles. The fraction of sp³-hybridized carbons (Fsp3) is 0.0130. The van der Waals surface area contributed by atoms with E-state index in [1.807, 2.05) is 109 Å². The molecule has 0 radical (unpaired) electrons. The molecular formula is C77H51BN6O2. The van der Waals surface area contributed by atoms with Gasteiger partial charge in [0.25, 0.3) is 6.71 Å². The number of hydrogen-bond donors (Lipinski definition) is 0. The van der Waals surface area contributed by atoms with Crippen LogP contribution in [0.5, 0.6) is 0 Å². The monoisotopic (exact) mass is 1100 g/mol. The van der Waals surface area contributed by atoms with Crippen LogP contribution >= 0.6 is 0 Å². The third kappa shape index (κ3) is 8.72. The molecule has 12 aromatic carbocycles. The number of carbonyl (C=O) groups is 1. The predicted octanol–water partition coefficient (Wildman–Crippen LogP) is 16.7. The molecule has 404 valence electrons. The summed E-state index contributed by atoms with van der Waals surface area (Å²) in [4.78, 5) is 34.1. The maximum Gasteiger partial charge on any atom is 0.338 e. The Hall–Kier alpha value is -11.4. The zero-order valence-electron chi connectivity index (χ0n) is 46.6. The van der Waals surface area contributed by atoms with E-state index in [1.165, 1.54) is 27.8 Å². The van der Waals surface area contributed by atoms with Gasteiger partial charge in [0.1, 0.15) is 6.61 Å². The second-order valence-corrected chi connectivity index (χ2v) is 21.8. The van der Waals surface area contributed by atoms with E-state index in [-0.39, 0.29) is 19.3 Å². The number of para-hydroxylation sites is 5. The Morgan fingerprint density at radius 2 is 0.837 bits per heavy atom. The van der Waals surface area contributed by atoms with Gasteiger partial charge in [0.05, 0.1) is 22.3 Å². The molecule has 0 amide bonds. The lowest BCUT2D eigenvalue weighted by Crippen LogP contribution is -2.61. The van der Waals surface area contributed by atoms with Gasteiger partial charge < -0.3 is 19.1 Å². The van der Waals surface area contributed by atoms with Crippen molar-refractivity contribution in [2.24, 2.45) is 0 Å². The van der Waals surface area contributed by atoms with Crippen LogP contribution in [0, 0.1) is 0 Å². The Balaban J connectivity index is 0.883. The molecule has 4 heterocycles. The van der Waals surface area contributed by atoms with Crippen molar-refractivity contribution >= 4 is 85.0 Å². The smallest absolute Gasteiger partial charge is 0.338 e. The van der Waals surface area contributed by atoms with Crippen LogP contribution in [-0.4, -0.2) is 32.2 Å². The lowest BCUT2D eigenvalue weighted by atomic mass is 9.33. The number of ether oxygens (including phenoxy) is 1. The lowest BCUT2D eigenvalue weighted by molar-refractivity contribution is 0.0473. The zero-order chi connectivity index (χ0) is 57.1. The first-order valence-corrected chi connectivity index (χ1v) is 29.0. The van der Waals surface area contributed by atoms with Crippen molar-refractivity contribution in [2.75, 3.05) is 9.80 Å². The molecule has 0 atom stereocenters. The number of benzene rings is 12. The van der Waals surface area contributed by atoms with Crippen molar-refractivity contribution < 1.29 is 9.53 Å². The zero-order valence-corrected chi connectivity index (χ0v) is 46.6. The summed E-state index contributed by atoms with van der Waals surface area (Å²) in [5, 5.41) is 1.96. The highest BCUT2D eigenvalue weighted by atomic mass is 16.5. The van der Waals surface area contributed by atoms with Crippen LogP contribution in [0.1, 0.15) is 15.9 Å². The summed E-state index contributed by atoms with van der Waals surface area (Å²) >= 11 is 0. The number of anilines is 6. The Bertz CT molecular complexity index is 4740. The first-order chi connectivity index (χ1) is 42.6. The van der Waals surface area contributed by atoms with Gasteiger partial charge in [0.15, 0.2) is 17.5 Å². The molecule has 8 nitrogen and oxygen atoms in total. The van der Waals surface area contributed by atoms with Gasteiger partial charge in [-0.3, -0.25) is 0 Å². The van der Waals surface area contributed by atoms with Crippen LogP contribution in [0.15, 0.2) is 297 Å². The Morgan fingerprint density at radius 1 is 0.360 bits per heavy atom. The third-order valence-electron chi connectivity index (χ3n) is 16.8. The van der Waals surface area contributed by atoms with E-state index in [2.05, 4.69) is 202 Å². The Kier molecular flexibility index (Phi) is 12.3. The highest BCUT2D eigenvalue weighted by molar-refractivity contribution is 7.00. The number of nitrogens with zero attached hydrogens (tertiary/aromatic N) is 6. The molecule has 0 saturated carbocycles. The lowest BCUT2D eigenvalue weighted by Gasteiger charge is -2.44. The van der Waals surface area contributed by atoms with Gasteiger partial charge in [-0.25, -0.2) is 19.7 Å². The molecule has 0 bridgehead atoms. The van der Waals surface area contributed by atoms with Crippen LogP contribution in [0.3, 0.4) is 0 Å². The highest BCUT2D eigenvalue weighted by Crippen LogP contribution is 2.47. The quantitative estimate of drug-likeness (QED) is 0.0943. The summed E-state index contributed by atoms with van der Waals surface area (Å²) in [5.41, 5.74) is 21.7. The standard InChI is InChI=1S/C77H51BN6O2/c85-77(86-50-51-22-6-1-7-23-51)57-43-45-68-63(47-57)61-32-16-19-35-66(61)84(68)67-44-42-56(76-80-74(54-24-8-2-9-25-54)79-75(81-76)55-26-10-3-11-27-55)46-62(67)53-40-38-52(39-41-53)58-48-71-73-72(49-58)83(60-30-14-5-15-31-60)70-37-21-18-34-65(70)78(73)64-33-17-20-36-69(64)82(71)59-28-12-4-13-29-59/h1-49H,50H2. The van der Waals surface area contributed by atoms with Gasteiger partial charge in [-0.15, -0.1) is 0 Å². The molecule has 2 aliphatic heterocycles. The molecule has 0 aliphatic carbocycles. The third-order valence-corrected chi connectivity index (χ3v) is 16.8. The fourth-order valence-corrected chi connectivity index (χ4v) is 12.8. The van der Waals surface area contributed by atoms with Gasteiger partial charge in [-0.1, -0.05) is 206 Å². The van der Waals surface area contributed by atoms with Crippen molar-refractivity contribution in [3.8, 4) is 62.1 Å². The van der Waals surface area contributed by atoms with Crippen molar-refractivity contribution in [3.05, 3.63) is 308 Å². The van der Waals surface area contributed by atoms with Crippen LogP contribution in [0.25, 0.3) is 83.9 Å². The van der Waals surface area contributed by atoms with E-state index in [1.54, 1.807) is 0 Å². The summed E-state index contributed by atoms with van der Waals surface area (Å²) in [6.45, 7) is 0.192. The van der Waals surface area contributed by atoms with Crippen LogP contribution < -0.4 is 26.2 Å². The average molecular weight is 1100 g/mol. The van der Waals surface area contributed by atoms with Gasteiger partial charge in [-0.05, 0) is 130 Å². The van der Waals surface area contributed by atoms with Crippen molar-refractivity contribution in [2.45, 2.75) is 6.61 Å². The van der Waals surface area contributed by atoms with E-state index in [0.29, 0.717) is 23.0 Å². The van der Waals surface area contributed by atoms with Crippen molar-refractivity contribution in [1.82, 2.24) is 19.5 Å². The Morgan fingerprint density at radius 3 is 1.43 bits per heavy atom. The Labute approximate surface area is 498 Å². The fourth-order valence-electron chi connectivity index (χ4n) is 12.8. The van der Waals surface area contributed by atoms with Crippen LogP contribution in [-0.2, 0) is 11.3 Å². The first kappa shape index (κ1) is 50.3. The molecule has 14 aromatic rings. The van der Waals surface area contributed by atoms with Gasteiger partial charge in [0.2, 0.25) is 0 Å². The van der Waals surface area contributed by atoms with Crippen LogP contribution in [0.2, 0.25) is 0 Å². The largest absolute Gasteiger partial charge is 0.457 e. The van der Waals surface area contributed by atoms with E-state index < -0.39 is 0 Å². The molecule has 0 spiro atoms. The van der Waals surface area contributed by atoms with E-state index >= 15 is 0 Å². The van der Waals surface area contributed by atoms with E-state index in [9.17, 15) is 4.79 Å². The molecule has 86 heavy (non-hydrogen) atoms. The molecular weight excluding hydrogens is 1050 g/mol. The summed E-state index contributed by atoms with van der Waals surface area (Å²) in [5.74, 6) is 1.35. The molecule has 2 aliphatic rings. The molecule has 0 N–H and O–H groups in total. The number of aromatic nitrogens is 4. The molecule has 2 aromatic heterocycles. The van der Waals surface area contributed by atoms with Crippen LogP contribution in [0.4, 0.5) is 34.1 Å². The number of fused-ring (bicyclic) bond motifs is 7. The van der Waals surface area contributed by atoms with Crippen molar-refractivity contribution in [1.29, 1.82) is 0 Å². The SMILES string of the molecule is O=C(OCc1ccccc1)c1ccc2c(c1)c1ccccc1n2-c1ccc(-c2nc(-c3ccccc3)nc(-c3ccccc3)n2)cc1-c1ccc(-c2cc3c4c(c2)N(c2ccccc2)c2ccccc2B4c2ccccc2N3c2ccccc2)cc1. The van der Waals surface area contributed by atoms with Crippen molar-refractivity contribution in [3.63, 3.8) is 0 Å². The maximum absolute atomic E-state index is 13.8. The topological polar surface area (TPSA) is 76.4 Å². The maximum atomic E-state index is 13.8. The number of hydrogen-bond acceptors (Lipinski definition) is 7.